The van der Waals surface area contributed by atoms with Crippen LogP contribution in [0, 0.1) is 0 Å². The van der Waals surface area contributed by atoms with Crippen LogP contribution in [0.2, 0.25) is 0 Å². The summed E-state index contributed by atoms with van der Waals surface area (Å²) in [5.41, 5.74) is 0. The van der Waals surface area contributed by atoms with Gasteiger partial charge in [-0.2, -0.15) is 0 Å². The van der Waals surface area contributed by atoms with E-state index < -0.39 is 12.1 Å². The van der Waals surface area contributed by atoms with E-state index in [1.54, 1.807) is 11.1 Å². The maximum Gasteiger partial charge on any atom is 0.407 e. The van der Waals surface area contributed by atoms with Crippen molar-refractivity contribution < 1.29 is 14.3 Å². The molecule has 1 unspecified atom stereocenters. The predicted molar refractivity (Wildman–Crippen MR) is 71.3 cm³/mol. The van der Waals surface area contributed by atoms with Crippen molar-refractivity contribution in [1.82, 2.24) is 15.2 Å². The second kappa shape index (κ2) is 5.36. The summed E-state index contributed by atoms with van der Waals surface area (Å²) in [5, 5.41) is 2.52. The average Bonchev–Trinajstić information content (AvgIpc) is 2.94. The van der Waals surface area contributed by atoms with Crippen molar-refractivity contribution in [2.45, 2.75) is 6.04 Å². The third-order valence-electron chi connectivity index (χ3n) is 3.54. The van der Waals surface area contributed by atoms with Crippen LogP contribution < -0.4 is 10.2 Å². The Morgan fingerprint density at radius 3 is 2.70 bits per heavy atom. The van der Waals surface area contributed by atoms with Crippen molar-refractivity contribution in [3.05, 3.63) is 24.4 Å². The lowest BCUT2D eigenvalue weighted by molar-refractivity contribution is -0.133. The van der Waals surface area contributed by atoms with Gasteiger partial charge in [0, 0.05) is 32.4 Å². The minimum atomic E-state index is -0.538. The molecule has 7 heteroatoms. The topological polar surface area (TPSA) is 74.8 Å². The quantitative estimate of drug-likeness (QED) is 0.812. The number of amides is 2. The Morgan fingerprint density at radius 1 is 1.30 bits per heavy atom. The van der Waals surface area contributed by atoms with E-state index in [0.717, 1.165) is 18.9 Å². The number of hydrogen-bond donors (Lipinski definition) is 1. The first-order chi connectivity index (χ1) is 9.74. The molecule has 3 rings (SSSR count). The first kappa shape index (κ1) is 12.7. The molecular weight excluding hydrogens is 260 g/mol. The lowest BCUT2D eigenvalue weighted by atomic mass is 10.2. The van der Waals surface area contributed by atoms with Crippen LogP contribution in [0.1, 0.15) is 0 Å². The van der Waals surface area contributed by atoms with Crippen LogP contribution in [0.15, 0.2) is 24.4 Å². The van der Waals surface area contributed by atoms with Gasteiger partial charge in [-0.3, -0.25) is 4.79 Å². The van der Waals surface area contributed by atoms with Crippen LogP contribution in [0.4, 0.5) is 10.6 Å². The molecule has 1 aromatic rings. The van der Waals surface area contributed by atoms with Crippen LogP contribution in [-0.4, -0.2) is 60.7 Å². The van der Waals surface area contributed by atoms with Crippen molar-refractivity contribution in [1.29, 1.82) is 0 Å². The minimum absolute atomic E-state index is 0.0727. The Bertz CT molecular complexity index is 500. The zero-order valence-electron chi connectivity index (χ0n) is 11.0. The van der Waals surface area contributed by atoms with Gasteiger partial charge in [-0.05, 0) is 12.1 Å². The molecule has 0 aliphatic carbocycles. The number of alkyl carbamates (subject to hydrolysis) is 1. The Morgan fingerprint density at radius 2 is 2.10 bits per heavy atom. The third kappa shape index (κ3) is 2.52. The van der Waals surface area contributed by atoms with Gasteiger partial charge >= 0.3 is 6.09 Å². The van der Waals surface area contributed by atoms with Gasteiger partial charge in [-0.1, -0.05) is 6.07 Å². The van der Waals surface area contributed by atoms with Gasteiger partial charge in [0.1, 0.15) is 18.5 Å². The number of hydrogen-bond acceptors (Lipinski definition) is 5. The van der Waals surface area contributed by atoms with Crippen LogP contribution in [-0.2, 0) is 9.53 Å². The molecule has 0 radical (unpaired) electrons. The number of cyclic esters (lactones) is 1. The predicted octanol–water partition coefficient (Wildman–Crippen LogP) is -0.161. The fraction of sp³-hybridized carbons (Fsp3) is 0.462. The van der Waals surface area contributed by atoms with Crippen molar-refractivity contribution >= 4 is 17.8 Å². The monoisotopic (exact) mass is 276 g/mol. The SMILES string of the molecule is O=C1NC(C(=O)N2CCN(c3ccccn3)CC2)CO1. The van der Waals surface area contributed by atoms with Gasteiger partial charge in [0.15, 0.2) is 0 Å². The second-order valence-corrected chi connectivity index (χ2v) is 4.80. The summed E-state index contributed by atoms with van der Waals surface area (Å²) in [6.07, 6.45) is 1.24. The van der Waals surface area contributed by atoms with Crippen molar-refractivity contribution in [2.24, 2.45) is 0 Å². The van der Waals surface area contributed by atoms with Crippen molar-refractivity contribution in [2.75, 3.05) is 37.7 Å². The highest BCUT2D eigenvalue weighted by atomic mass is 16.6. The Hall–Kier alpha value is -2.31. The number of anilines is 1. The number of carbonyl (C=O) groups excluding carboxylic acids is 2. The molecule has 2 aliphatic heterocycles. The molecule has 20 heavy (non-hydrogen) atoms. The number of ether oxygens (including phenoxy) is 1. The molecule has 2 saturated heterocycles. The largest absolute Gasteiger partial charge is 0.447 e. The molecule has 0 aromatic carbocycles. The fourth-order valence-electron chi connectivity index (χ4n) is 2.43. The lowest BCUT2D eigenvalue weighted by Gasteiger charge is -2.36. The van der Waals surface area contributed by atoms with E-state index in [4.69, 9.17) is 4.74 Å². The molecule has 106 valence electrons. The first-order valence-corrected chi connectivity index (χ1v) is 6.62. The molecule has 2 aliphatic rings. The summed E-state index contributed by atoms with van der Waals surface area (Å²) in [4.78, 5) is 31.4. The van der Waals surface area contributed by atoms with Crippen molar-refractivity contribution in [3.8, 4) is 0 Å². The summed E-state index contributed by atoms with van der Waals surface area (Å²) < 4.78 is 4.75. The molecule has 0 saturated carbocycles. The Kier molecular flexibility index (Phi) is 3.41. The van der Waals surface area contributed by atoms with E-state index in [1.165, 1.54) is 0 Å². The van der Waals surface area contributed by atoms with Crippen LogP contribution in [0.5, 0.6) is 0 Å². The molecule has 0 spiro atoms. The molecule has 0 bridgehead atoms. The zero-order chi connectivity index (χ0) is 13.9. The lowest BCUT2D eigenvalue weighted by Crippen LogP contribution is -2.54. The summed E-state index contributed by atoms with van der Waals surface area (Å²) in [6, 6.07) is 5.25. The molecular formula is C13H16N4O3. The van der Waals surface area contributed by atoms with E-state index in [9.17, 15) is 9.59 Å². The number of nitrogens with one attached hydrogen (secondary N) is 1. The van der Waals surface area contributed by atoms with Gasteiger partial charge in [-0.15, -0.1) is 0 Å². The molecule has 7 nitrogen and oxygen atoms in total. The highest BCUT2D eigenvalue weighted by Crippen LogP contribution is 2.13. The van der Waals surface area contributed by atoms with E-state index in [0.29, 0.717) is 13.1 Å². The van der Waals surface area contributed by atoms with Crippen LogP contribution in [0.3, 0.4) is 0 Å². The van der Waals surface area contributed by atoms with Gasteiger partial charge in [0.25, 0.3) is 0 Å². The molecule has 3 heterocycles. The number of rotatable bonds is 2. The highest BCUT2D eigenvalue weighted by molar-refractivity contribution is 5.88. The average molecular weight is 276 g/mol. The van der Waals surface area contributed by atoms with E-state index >= 15 is 0 Å². The number of piperazine rings is 1. The van der Waals surface area contributed by atoms with Crippen LogP contribution >= 0.6 is 0 Å². The summed E-state index contributed by atoms with van der Waals surface area (Å²) >= 11 is 0. The second-order valence-electron chi connectivity index (χ2n) is 4.80. The van der Waals surface area contributed by atoms with Gasteiger partial charge in [0.05, 0.1) is 0 Å². The van der Waals surface area contributed by atoms with Crippen LogP contribution in [0.25, 0.3) is 0 Å². The minimum Gasteiger partial charge on any atom is -0.447 e. The third-order valence-corrected chi connectivity index (χ3v) is 3.54. The number of pyridine rings is 1. The van der Waals surface area contributed by atoms with E-state index in [-0.39, 0.29) is 12.5 Å². The molecule has 2 amide bonds. The van der Waals surface area contributed by atoms with E-state index in [2.05, 4.69) is 15.2 Å². The number of aromatic nitrogens is 1. The maximum absolute atomic E-state index is 12.2. The highest BCUT2D eigenvalue weighted by Gasteiger charge is 2.33. The summed E-state index contributed by atoms with van der Waals surface area (Å²) in [5.74, 6) is 0.855. The first-order valence-electron chi connectivity index (χ1n) is 6.62. The van der Waals surface area contributed by atoms with Crippen molar-refractivity contribution in [3.63, 3.8) is 0 Å². The summed E-state index contributed by atoms with van der Waals surface area (Å²) in [6.45, 7) is 2.86. The standard InChI is InChI=1S/C13H16N4O3/c18-12(10-9-20-13(19)15-10)17-7-5-16(6-8-17)11-3-1-2-4-14-11/h1-4,10H,5-9H2,(H,15,19). The fourth-order valence-corrected chi connectivity index (χ4v) is 2.43. The Balaban J connectivity index is 1.56. The zero-order valence-corrected chi connectivity index (χ0v) is 11.0. The van der Waals surface area contributed by atoms with Gasteiger partial charge in [0.2, 0.25) is 5.91 Å². The molecule has 1 aromatic heterocycles. The molecule has 2 fully saturated rings. The van der Waals surface area contributed by atoms with E-state index in [1.807, 2.05) is 18.2 Å². The Labute approximate surface area is 116 Å². The number of carbonyl (C=O) groups is 2. The van der Waals surface area contributed by atoms with Gasteiger partial charge in [-0.25, -0.2) is 9.78 Å². The molecule has 1 N–H and O–H groups in total. The molecule has 1 atom stereocenters. The maximum atomic E-state index is 12.2. The van der Waals surface area contributed by atoms with Gasteiger partial charge < -0.3 is 19.9 Å². The number of nitrogens with zero attached hydrogens (tertiary/aromatic N) is 3. The summed E-state index contributed by atoms with van der Waals surface area (Å²) in [7, 11) is 0. The smallest absolute Gasteiger partial charge is 0.407 e. The normalized spacial score (nSPS) is 22.4.